The number of hydrogen-bond donors (Lipinski definition) is 1. The standard InChI is InChI=1S/C10H10N6/c1-6-7(2)13-14-10(8(6)5-11)16-4-3-9(12)15-16/h3-4H,1-2H3,(H2,12,15). The van der Waals surface area contributed by atoms with Crippen LogP contribution in [-0.4, -0.2) is 20.0 Å². The van der Waals surface area contributed by atoms with Gasteiger partial charge < -0.3 is 5.73 Å². The largest absolute Gasteiger partial charge is 0.382 e. The molecule has 0 spiro atoms. The highest BCUT2D eigenvalue weighted by Gasteiger charge is 2.12. The van der Waals surface area contributed by atoms with E-state index in [4.69, 9.17) is 11.0 Å². The summed E-state index contributed by atoms with van der Waals surface area (Å²) in [7, 11) is 0. The van der Waals surface area contributed by atoms with Crippen molar-refractivity contribution in [2.45, 2.75) is 13.8 Å². The lowest BCUT2D eigenvalue weighted by atomic mass is 10.1. The number of anilines is 1. The summed E-state index contributed by atoms with van der Waals surface area (Å²) in [6.07, 6.45) is 1.65. The Morgan fingerprint density at radius 2 is 2.12 bits per heavy atom. The summed E-state index contributed by atoms with van der Waals surface area (Å²) < 4.78 is 1.45. The highest BCUT2D eigenvalue weighted by Crippen LogP contribution is 2.16. The van der Waals surface area contributed by atoms with Crippen molar-refractivity contribution >= 4 is 5.82 Å². The zero-order valence-electron chi connectivity index (χ0n) is 8.97. The summed E-state index contributed by atoms with van der Waals surface area (Å²) >= 11 is 0. The molecule has 0 radical (unpaired) electrons. The van der Waals surface area contributed by atoms with E-state index in [1.54, 1.807) is 12.3 Å². The van der Waals surface area contributed by atoms with Crippen LogP contribution in [-0.2, 0) is 0 Å². The number of nitrogen functional groups attached to an aromatic ring is 1. The Balaban J connectivity index is 2.67. The van der Waals surface area contributed by atoms with Crippen LogP contribution in [0, 0.1) is 25.2 Å². The lowest BCUT2D eigenvalue weighted by molar-refractivity contribution is 0.799. The van der Waals surface area contributed by atoms with Crippen LogP contribution in [0.3, 0.4) is 0 Å². The van der Waals surface area contributed by atoms with Gasteiger partial charge in [0.05, 0.1) is 5.69 Å². The van der Waals surface area contributed by atoms with E-state index in [0.717, 1.165) is 11.3 Å². The third kappa shape index (κ3) is 1.48. The summed E-state index contributed by atoms with van der Waals surface area (Å²) in [5, 5.41) is 21.0. The minimum atomic E-state index is 0.379. The first kappa shape index (κ1) is 10.1. The van der Waals surface area contributed by atoms with Crippen molar-refractivity contribution in [3.63, 3.8) is 0 Å². The van der Waals surface area contributed by atoms with E-state index in [0.29, 0.717) is 17.2 Å². The molecule has 16 heavy (non-hydrogen) atoms. The molecule has 0 aliphatic carbocycles. The summed E-state index contributed by atoms with van der Waals surface area (Å²) in [5.74, 6) is 0.784. The molecule has 6 heteroatoms. The molecule has 2 N–H and O–H groups in total. The third-order valence-corrected chi connectivity index (χ3v) is 2.37. The number of nitrogens with two attached hydrogens (primary N) is 1. The van der Waals surface area contributed by atoms with Gasteiger partial charge in [-0.2, -0.15) is 10.4 Å². The molecule has 2 rings (SSSR count). The smallest absolute Gasteiger partial charge is 0.193 e. The molecule has 0 aliphatic heterocycles. The van der Waals surface area contributed by atoms with Crippen molar-refractivity contribution < 1.29 is 0 Å². The molecule has 0 amide bonds. The maximum absolute atomic E-state index is 9.10. The van der Waals surface area contributed by atoms with Crippen molar-refractivity contribution in [1.29, 1.82) is 5.26 Å². The van der Waals surface area contributed by atoms with E-state index in [1.807, 2.05) is 13.8 Å². The Bertz CT molecular complexity index is 577. The molecule has 2 heterocycles. The maximum atomic E-state index is 9.10. The van der Waals surface area contributed by atoms with Gasteiger partial charge in [0.25, 0.3) is 0 Å². The first-order chi connectivity index (χ1) is 7.63. The lowest BCUT2D eigenvalue weighted by Gasteiger charge is -2.06. The molecule has 6 nitrogen and oxygen atoms in total. The first-order valence-corrected chi connectivity index (χ1v) is 4.69. The molecule has 0 aromatic carbocycles. The highest BCUT2D eigenvalue weighted by molar-refractivity contribution is 5.49. The number of nitrogens with zero attached hydrogens (tertiary/aromatic N) is 5. The summed E-state index contributed by atoms with van der Waals surface area (Å²) in [6.45, 7) is 3.64. The van der Waals surface area contributed by atoms with E-state index in [2.05, 4.69) is 21.4 Å². The van der Waals surface area contributed by atoms with Crippen LogP contribution in [0.4, 0.5) is 5.82 Å². The molecule has 0 saturated carbocycles. The van der Waals surface area contributed by atoms with Gasteiger partial charge in [0.15, 0.2) is 5.82 Å². The fourth-order valence-electron chi connectivity index (χ4n) is 1.35. The SMILES string of the molecule is Cc1nnc(-n2ccc(N)n2)c(C#N)c1C. The van der Waals surface area contributed by atoms with Gasteiger partial charge in [-0.3, -0.25) is 0 Å². The quantitative estimate of drug-likeness (QED) is 0.755. The molecule has 2 aromatic heterocycles. The molecule has 0 unspecified atom stereocenters. The second kappa shape index (κ2) is 3.62. The van der Waals surface area contributed by atoms with Crippen molar-refractivity contribution in [1.82, 2.24) is 20.0 Å². The number of rotatable bonds is 1. The van der Waals surface area contributed by atoms with E-state index < -0.39 is 0 Å². The zero-order chi connectivity index (χ0) is 11.7. The lowest BCUT2D eigenvalue weighted by Crippen LogP contribution is -2.07. The molecular weight excluding hydrogens is 204 g/mol. The van der Waals surface area contributed by atoms with Crippen molar-refractivity contribution in [3.05, 3.63) is 29.1 Å². The van der Waals surface area contributed by atoms with Crippen LogP contribution >= 0.6 is 0 Å². The molecule has 80 valence electrons. The predicted molar refractivity (Wildman–Crippen MR) is 57.8 cm³/mol. The fraction of sp³-hybridized carbons (Fsp3) is 0.200. The number of hydrogen-bond acceptors (Lipinski definition) is 5. The topological polar surface area (TPSA) is 93.4 Å². The molecular formula is C10H10N6. The summed E-state index contributed by atoms with van der Waals surface area (Å²) in [5.41, 5.74) is 7.52. The van der Waals surface area contributed by atoms with Gasteiger partial charge in [0, 0.05) is 12.3 Å². The summed E-state index contributed by atoms with van der Waals surface area (Å²) in [4.78, 5) is 0. The van der Waals surface area contributed by atoms with Gasteiger partial charge in [-0.15, -0.1) is 10.2 Å². The van der Waals surface area contributed by atoms with Crippen LogP contribution < -0.4 is 5.73 Å². The second-order valence-corrected chi connectivity index (χ2v) is 3.41. The Labute approximate surface area is 92.3 Å². The summed E-state index contributed by atoms with van der Waals surface area (Å²) in [6, 6.07) is 3.75. The van der Waals surface area contributed by atoms with Crippen LogP contribution in [0.5, 0.6) is 0 Å². The normalized spacial score (nSPS) is 10.1. The van der Waals surface area contributed by atoms with Crippen LogP contribution in [0.15, 0.2) is 12.3 Å². The van der Waals surface area contributed by atoms with Crippen molar-refractivity contribution in [2.24, 2.45) is 0 Å². The number of aromatic nitrogens is 4. The fourth-order valence-corrected chi connectivity index (χ4v) is 1.35. The van der Waals surface area contributed by atoms with Crippen molar-refractivity contribution in [2.75, 3.05) is 5.73 Å². The van der Waals surface area contributed by atoms with Gasteiger partial charge in [-0.1, -0.05) is 0 Å². The zero-order valence-corrected chi connectivity index (χ0v) is 8.97. The molecule has 0 saturated heterocycles. The van der Waals surface area contributed by atoms with Gasteiger partial charge >= 0.3 is 0 Å². The van der Waals surface area contributed by atoms with E-state index in [9.17, 15) is 0 Å². The second-order valence-electron chi connectivity index (χ2n) is 3.41. The van der Waals surface area contributed by atoms with E-state index in [-0.39, 0.29) is 0 Å². The highest BCUT2D eigenvalue weighted by atomic mass is 15.4. The van der Waals surface area contributed by atoms with Crippen LogP contribution in [0.25, 0.3) is 5.82 Å². The number of aryl methyl sites for hydroxylation is 1. The van der Waals surface area contributed by atoms with Gasteiger partial charge in [-0.25, -0.2) is 4.68 Å². The first-order valence-electron chi connectivity index (χ1n) is 4.69. The molecule has 0 bridgehead atoms. The van der Waals surface area contributed by atoms with Crippen LogP contribution in [0.1, 0.15) is 16.8 Å². The molecule has 0 fully saturated rings. The van der Waals surface area contributed by atoms with Crippen molar-refractivity contribution in [3.8, 4) is 11.9 Å². The predicted octanol–water partition coefficient (Wildman–Crippen LogP) is 0.733. The average Bonchev–Trinajstić information content (AvgIpc) is 2.68. The van der Waals surface area contributed by atoms with E-state index in [1.165, 1.54) is 4.68 Å². The minimum Gasteiger partial charge on any atom is -0.382 e. The minimum absolute atomic E-state index is 0.379. The molecule has 2 aromatic rings. The molecule has 0 atom stereocenters. The van der Waals surface area contributed by atoms with Crippen LogP contribution in [0.2, 0.25) is 0 Å². The van der Waals surface area contributed by atoms with Gasteiger partial charge in [-0.05, 0) is 19.4 Å². The average molecular weight is 214 g/mol. The Kier molecular flexibility index (Phi) is 2.29. The number of nitriles is 1. The monoisotopic (exact) mass is 214 g/mol. The third-order valence-electron chi connectivity index (χ3n) is 2.37. The Hall–Kier alpha value is -2.42. The Morgan fingerprint density at radius 3 is 2.69 bits per heavy atom. The maximum Gasteiger partial charge on any atom is 0.193 e. The Morgan fingerprint density at radius 1 is 1.38 bits per heavy atom. The van der Waals surface area contributed by atoms with Gasteiger partial charge in [0.2, 0.25) is 0 Å². The van der Waals surface area contributed by atoms with E-state index >= 15 is 0 Å². The molecule has 0 aliphatic rings. The van der Waals surface area contributed by atoms with Gasteiger partial charge in [0.1, 0.15) is 17.5 Å².